The predicted octanol–water partition coefficient (Wildman–Crippen LogP) is 1.70. The van der Waals surface area contributed by atoms with Gasteiger partial charge >= 0.3 is 0 Å². The molecule has 18 heavy (non-hydrogen) atoms. The van der Waals surface area contributed by atoms with Crippen LogP contribution >= 0.6 is 0 Å². The van der Waals surface area contributed by atoms with E-state index in [2.05, 4.69) is 11.6 Å². The van der Waals surface area contributed by atoms with E-state index in [9.17, 15) is 8.42 Å². The van der Waals surface area contributed by atoms with E-state index < -0.39 is 10.0 Å². The Morgan fingerprint density at radius 3 is 2.44 bits per heavy atom. The molecule has 1 saturated carbocycles. The highest BCUT2D eigenvalue weighted by Crippen LogP contribution is 2.50. The molecule has 100 valence electrons. The van der Waals surface area contributed by atoms with Gasteiger partial charge in [0.05, 0.1) is 24.7 Å². The van der Waals surface area contributed by atoms with Crippen molar-refractivity contribution in [2.75, 3.05) is 23.8 Å². The highest BCUT2D eigenvalue weighted by atomic mass is 32.2. The van der Waals surface area contributed by atoms with Gasteiger partial charge in [-0.25, -0.2) is 8.42 Å². The Kier molecular flexibility index (Phi) is 2.93. The zero-order valence-electron chi connectivity index (χ0n) is 10.8. The van der Waals surface area contributed by atoms with E-state index in [1.807, 2.05) is 12.1 Å². The molecule has 0 radical (unpaired) electrons. The van der Waals surface area contributed by atoms with E-state index in [1.54, 1.807) is 0 Å². The number of ether oxygens (including phenoxy) is 1. The Bertz CT molecular complexity index is 577. The van der Waals surface area contributed by atoms with Gasteiger partial charge in [0.25, 0.3) is 0 Å². The molecule has 1 aromatic carbocycles. The quantitative estimate of drug-likeness (QED) is 0.816. The molecule has 3 N–H and O–H groups in total. The fourth-order valence-electron chi connectivity index (χ4n) is 1.98. The molecule has 2 rings (SSSR count). The zero-order chi connectivity index (χ0) is 13.6. The van der Waals surface area contributed by atoms with Crippen molar-refractivity contribution in [3.63, 3.8) is 0 Å². The summed E-state index contributed by atoms with van der Waals surface area (Å²) in [5.41, 5.74) is 7.94. The lowest BCUT2D eigenvalue weighted by atomic mass is 9.97. The summed E-state index contributed by atoms with van der Waals surface area (Å²) < 4.78 is 30.3. The highest BCUT2D eigenvalue weighted by molar-refractivity contribution is 7.92. The average Bonchev–Trinajstić information content (AvgIpc) is 2.95. The number of anilines is 2. The van der Waals surface area contributed by atoms with E-state index in [0.29, 0.717) is 17.1 Å². The summed E-state index contributed by atoms with van der Waals surface area (Å²) in [5.74, 6) is 0.369. The van der Waals surface area contributed by atoms with Crippen LogP contribution < -0.4 is 15.2 Å². The summed E-state index contributed by atoms with van der Waals surface area (Å²) in [7, 11) is -1.88. The number of nitrogens with one attached hydrogen (secondary N) is 1. The lowest BCUT2D eigenvalue weighted by Gasteiger charge is -2.17. The molecule has 0 heterocycles. The Balaban J connectivity index is 2.50. The first-order valence-corrected chi connectivity index (χ1v) is 7.60. The Labute approximate surface area is 107 Å². The van der Waals surface area contributed by atoms with Gasteiger partial charge < -0.3 is 10.5 Å². The fraction of sp³-hybridized carbons (Fsp3) is 0.500. The van der Waals surface area contributed by atoms with Crippen molar-refractivity contribution < 1.29 is 13.2 Å². The first kappa shape index (κ1) is 13.0. The molecule has 0 spiro atoms. The average molecular weight is 270 g/mol. The molecule has 5 nitrogen and oxygen atoms in total. The van der Waals surface area contributed by atoms with Crippen LogP contribution in [0, 0.1) is 0 Å². The van der Waals surface area contributed by atoms with Crippen LogP contribution in [0.15, 0.2) is 12.1 Å². The van der Waals surface area contributed by atoms with Crippen LogP contribution in [0.5, 0.6) is 5.75 Å². The second kappa shape index (κ2) is 4.05. The topological polar surface area (TPSA) is 81.4 Å². The minimum Gasteiger partial charge on any atom is -0.492 e. The number of hydrogen-bond donors (Lipinski definition) is 2. The number of nitrogen functional groups attached to an aromatic ring is 1. The number of methoxy groups -OCH3 is 1. The number of sulfonamides is 1. The van der Waals surface area contributed by atoms with E-state index in [4.69, 9.17) is 10.5 Å². The molecule has 0 saturated heterocycles. The summed E-state index contributed by atoms with van der Waals surface area (Å²) in [6.45, 7) is 2.14. The van der Waals surface area contributed by atoms with E-state index >= 15 is 0 Å². The third-order valence-corrected chi connectivity index (χ3v) is 3.90. The van der Waals surface area contributed by atoms with Gasteiger partial charge in [-0.2, -0.15) is 0 Å². The van der Waals surface area contributed by atoms with E-state index in [-0.39, 0.29) is 5.41 Å². The van der Waals surface area contributed by atoms with Crippen molar-refractivity contribution in [2.45, 2.75) is 25.2 Å². The van der Waals surface area contributed by atoms with Gasteiger partial charge in [-0.05, 0) is 36.0 Å². The number of benzene rings is 1. The molecule has 0 atom stereocenters. The fourth-order valence-corrected chi connectivity index (χ4v) is 2.53. The molecule has 1 aromatic rings. The van der Waals surface area contributed by atoms with E-state index in [0.717, 1.165) is 24.7 Å². The second-order valence-electron chi connectivity index (χ2n) is 5.08. The first-order chi connectivity index (χ1) is 8.25. The third-order valence-electron chi connectivity index (χ3n) is 3.31. The minimum absolute atomic E-state index is 0.119. The van der Waals surface area contributed by atoms with Crippen LogP contribution in [0.4, 0.5) is 11.4 Å². The van der Waals surface area contributed by atoms with Crippen LogP contribution in [-0.4, -0.2) is 21.8 Å². The lowest BCUT2D eigenvalue weighted by Crippen LogP contribution is -2.13. The summed E-state index contributed by atoms with van der Waals surface area (Å²) >= 11 is 0. The maximum Gasteiger partial charge on any atom is 0.229 e. The standard InChI is InChI=1S/C12H18N2O3S/c1-12(4-5-12)8-6-9(13)11(17-2)10(7-8)14-18(3,15)16/h6-7,14H,4-5,13H2,1-3H3. The molecule has 1 aliphatic carbocycles. The van der Waals surface area contributed by atoms with Gasteiger partial charge in [0.15, 0.2) is 5.75 Å². The van der Waals surface area contributed by atoms with Gasteiger partial charge in [-0.15, -0.1) is 0 Å². The third kappa shape index (κ3) is 2.53. The molecular weight excluding hydrogens is 252 g/mol. The molecule has 0 aliphatic heterocycles. The number of hydrogen-bond acceptors (Lipinski definition) is 4. The van der Waals surface area contributed by atoms with Gasteiger partial charge in [0.2, 0.25) is 10.0 Å². The predicted molar refractivity (Wildman–Crippen MR) is 72.5 cm³/mol. The summed E-state index contributed by atoms with van der Waals surface area (Å²) in [6.07, 6.45) is 3.29. The first-order valence-electron chi connectivity index (χ1n) is 5.71. The lowest BCUT2D eigenvalue weighted by molar-refractivity contribution is 0.419. The maximum atomic E-state index is 11.3. The van der Waals surface area contributed by atoms with Crippen LogP contribution in [0.2, 0.25) is 0 Å². The Morgan fingerprint density at radius 1 is 1.39 bits per heavy atom. The van der Waals surface area contributed by atoms with Gasteiger partial charge in [0.1, 0.15) is 0 Å². The van der Waals surface area contributed by atoms with Crippen LogP contribution in [0.1, 0.15) is 25.3 Å². The summed E-state index contributed by atoms with van der Waals surface area (Å²) in [5, 5.41) is 0. The van der Waals surface area contributed by atoms with Crippen LogP contribution in [-0.2, 0) is 15.4 Å². The SMILES string of the molecule is COc1c(N)cc(C2(C)CC2)cc1NS(C)(=O)=O. The second-order valence-corrected chi connectivity index (χ2v) is 6.83. The molecule has 6 heteroatoms. The largest absolute Gasteiger partial charge is 0.492 e. The number of rotatable bonds is 4. The smallest absolute Gasteiger partial charge is 0.229 e. The molecule has 1 aliphatic rings. The zero-order valence-corrected chi connectivity index (χ0v) is 11.6. The van der Waals surface area contributed by atoms with Crippen LogP contribution in [0.3, 0.4) is 0 Å². The summed E-state index contributed by atoms with van der Waals surface area (Å²) in [4.78, 5) is 0. The Hall–Kier alpha value is -1.43. The normalized spacial score (nSPS) is 17.3. The molecule has 0 unspecified atom stereocenters. The van der Waals surface area contributed by atoms with Gasteiger partial charge in [0, 0.05) is 0 Å². The molecule has 0 amide bonds. The maximum absolute atomic E-state index is 11.3. The van der Waals surface area contributed by atoms with Crippen molar-refractivity contribution in [3.8, 4) is 5.75 Å². The van der Waals surface area contributed by atoms with Crippen molar-refractivity contribution in [1.82, 2.24) is 0 Å². The molecular formula is C12H18N2O3S. The van der Waals surface area contributed by atoms with Crippen molar-refractivity contribution in [1.29, 1.82) is 0 Å². The molecule has 1 fully saturated rings. The van der Waals surface area contributed by atoms with Gasteiger partial charge in [-0.1, -0.05) is 6.92 Å². The minimum atomic E-state index is -3.35. The monoisotopic (exact) mass is 270 g/mol. The molecule has 0 aromatic heterocycles. The van der Waals surface area contributed by atoms with Crippen molar-refractivity contribution in [3.05, 3.63) is 17.7 Å². The van der Waals surface area contributed by atoms with Gasteiger partial charge in [-0.3, -0.25) is 4.72 Å². The Morgan fingerprint density at radius 2 is 2.00 bits per heavy atom. The van der Waals surface area contributed by atoms with Crippen molar-refractivity contribution >= 4 is 21.4 Å². The van der Waals surface area contributed by atoms with Crippen molar-refractivity contribution in [2.24, 2.45) is 0 Å². The van der Waals surface area contributed by atoms with E-state index in [1.165, 1.54) is 7.11 Å². The number of nitrogens with two attached hydrogens (primary N) is 1. The molecule has 0 bridgehead atoms. The summed E-state index contributed by atoms with van der Waals surface area (Å²) in [6, 6.07) is 3.67. The van der Waals surface area contributed by atoms with Crippen LogP contribution in [0.25, 0.3) is 0 Å². The highest BCUT2D eigenvalue weighted by Gasteiger charge is 2.39.